The molecule has 0 unspecified atom stereocenters. The average Bonchev–Trinajstić information content (AvgIpc) is 3.18. The third-order valence-electron chi connectivity index (χ3n) is 5.34. The summed E-state index contributed by atoms with van der Waals surface area (Å²) in [5, 5.41) is 8.05. The van der Waals surface area contributed by atoms with Gasteiger partial charge in [0.05, 0.1) is 18.4 Å². The smallest absolute Gasteiger partial charge is 0.123 e. The first-order valence-corrected chi connectivity index (χ1v) is 10.6. The van der Waals surface area contributed by atoms with Gasteiger partial charge >= 0.3 is 0 Å². The van der Waals surface area contributed by atoms with Gasteiger partial charge in [0.25, 0.3) is 0 Å². The van der Waals surface area contributed by atoms with Crippen LogP contribution in [-0.2, 0) is 6.54 Å². The number of nitrogens with zero attached hydrogens (tertiary/aromatic N) is 3. The first kappa shape index (κ1) is 22.1. The van der Waals surface area contributed by atoms with Crippen LogP contribution in [0.4, 0.5) is 8.78 Å². The molecule has 0 aliphatic heterocycles. The Morgan fingerprint density at radius 1 is 0.867 bits per heavy atom. The minimum absolute atomic E-state index is 0.275. The molecule has 3 rings (SSSR count). The molecule has 0 amide bonds. The predicted octanol–water partition coefficient (Wildman–Crippen LogP) is 4.82. The minimum Gasteiger partial charge on any atom is -0.315 e. The van der Waals surface area contributed by atoms with Crippen molar-refractivity contribution in [1.82, 2.24) is 20.0 Å². The summed E-state index contributed by atoms with van der Waals surface area (Å²) in [6, 6.07) is 12.8. The van der Waals surface area contributed by atoms with Crippen LogP contribution in [-0.4, -0.2) is 47.4 Å². The molecule has 0 spiro atoms. The number of hydrogen-bond acceptors (Lipinski definition) is 3. The zero-order valence-electron chi connectivity index (χ0n) is 17.7. The Balaban J connectivity index is 1.71. The van der Waals surface area contributed by atoms with E-state index in [2.05, 4.69) is 29.2 Å². The molecule has 0 atom stereocenters. The molecule has 0 saturated heterocycles. The largest absolute Gasteiger partial charge is 0.315 e. The highest BCUT2D eigenvalue weighted by molar-refractivity contribution is 5.80. The van der Waals surface area contributed by atoms with Crippen LogP contribution in [0.5, 0.6) is 0 Å². The Bertz CT molecular complexity index is 900. The molecular formula is C24H30F2N4. The van der Waals surface area contributed by atoms with E-state index in [4.69, 9.17) is 0 Å². The lowest BCUT2D eigenvalue weighted by molar-refractivity contribution is 0.297. The molecule has 2 aromatic carbocycles. The number of benzene rings is 2. The lowest BCUT2D eigenvalue weighted by Crippen LogP contribution is -2.28. The molecule has 30 heavy (non-hydrogen) atoms. The van der Waals surface area contributed by atoms with Crippen LogP contribution in [0, 0.1) is 11.6 Å². The van der Waals surface area contributed by atoms with Gasteiger partial charge in [-0.2, -0.15) is 5.10 Å². The molecule has 0 saturated carbocycles. The number of rotatable bonds is 11. The Hall–Kier alpha value is -2.57. The number of aromatic nitrogens is 2. The van der Waals surface area contributed by atoms with Crippen LogP contribution in [0.1, 0.15) is 20.3 Å². The first-order chi connectivity index (χ1) is 14.6. The van der Waals surface area contributed by atoms with Gasteiger partial charge < -0.3 is 10.2 Å². The molecule has 1 heterocycles. The predicted molar refractivity (Wildman–Crippen MR) is 118 cm³/mol. The van der Waals surface area contributed by atoms with Gasteiger partial charge in [-0.25, -0.2) is 8.78 Å². The highest BCUT2D eigenvalue weighted by Crippen LogP contribution is 2.32. The molecule has 1 aromatic heterocycles. The highest BCUT2D eigenvalue weighted by Gasteiger charge is 2.15. The summed E-state index contributed by atoms with van der Waals surface area (Å²) in [5.74, 6) is -0.550. The second-order valence-electron chi connectivity index (χ2n) is 7.27. The van der Waals surface area contributed by atoms with Crippen molar-refractivity contribution in [1.29, 1.82) is 0 Å². The second-order valence-corrected chi connectivity index (χ2v) is 7.27. The average molecular weight is 413 g/mol. The standard InChI is InChI=1S/C24H30F2N4/c1-3-29(4-2)16-5-14-27-15-17-30-24(20-8-12-22(26)13-9-20)23(18-28-30)19-6-10-21(25)11-7-19/h6-13,18,27H,3-5,14-17H2,1-2H3. The third kappa shape index (κ3) is 5.74. The van der Waals surface area contributed by atoms with Crippen molar-refractivity contribution in [3.8, 4) is 22.4 Å². The number of nitrogens with one attached hydrogen (secondary N) is 1. The normalized spacial score (nSPS) is 11.4. The Labute approximate surface area is 177 Å². The summed E-state index contributed by atoms with van der Waals surface area (Å²) < 4.78 is 28.7. The van der Waals surface area contributed by atoms with Gasteiger partial charge in [-0.1, -0.05) is 26.0 Å². The van der Waals surface area contributed by atoms with Gasteiger partial charge in [0.2, 0.25) is 0 Å². The lowest BCUT2D eigenvalue weighted by atomic mass is 10.0. The molecular weight excluding hydrogens is 382 g/mol. The van der Waals surface area contributed by atoms with E-state index < -0.39 is 0 Å². The van der Waals surface area contributed by atoms with E-state index >= 15 is 0 Å². The molecule has 0 fully saturated rings. The summed E-state index contributed by atoms with van der Waals surface area (Å²) in [7, 11) is 0. The van der Waals surface area contributed by atoms with Gasteiger partial charge in [-0.05, 0) is 74.6 Å². The van der Waals surface area contributed by atoms with Gasteiger partial charge in [0, 0.05) is 17.7 Å². The van der Waals surface area contributed by atoms with E-state index in [0.29, 0.717) is 6.54 Å². The van der Waals surface area contributed by atoms with Crippen LogP contribution < -0.4 is 5.32 Å². The molecule has 0 radical (unpaired) electrons. The summed E-state index contributed by atoms with van der Waals surface area (Å²) in [5.41, 5.74) is 3.58. The quantitative estimate of drug-likeness (QED) is 0.459. The minimum atomic E-state index is -0.275. The lowest BCUT2D eigenvalue weighted by Gasteiger charge is -2.17. The van der Waals surface area contributed by atoms with Crippen LogP contribution in [0.15, 0.2) is 54.7 Å². The fourth-order valence-corrected chi connectivity index (χ4v) is 3.59. The maximum absolute atomic E-state index is 13.4. The number of hydrogen-bond donors (Lipinski definition) is 1. The summed E-state index contributed by atoms with van der Waals surface area (Å²) >= 11 is 0. The first-order valence-electron chi connectivity index (χ1n) is 10.6. The third-order valence-corrected chi connectivity index (χ3v) is 5.34. The SMILES string of the molecule is CCN(CC)CCCNCCn1ncc(-c2ccc(F)cc2)c1-c1ccc(F)cc1. The number of halogens is 2. The van der Waals surface area contributed by atoms with Crippen molar-refractivity contribution < 1.29 is 8.78 Å². The fourth-order valence-electron chi connectivity index (χ4n) is 3.59. The van der Waals surface area contributed by atoms with Crippen molar-refractivity contribution in [3.63, 3.8) is 0 Å². The van der Waals surface area contributed by atoms with Crippen molar-refractivity contribution in [2.75, 3.05) is 32.7 Å². The molecule has 4 nitrogen and oxygen atoms in total. The topological polar surface area (TPSA) is 33.1 Å². The Morgan fingerprint density at radius 2 is 1.47 bits per heavy atom. The van der Waals surface area contributed by atoms with E-state index in [9.17, 15) is 8.78 Å². The second kappa shape index (κ2) is 11.0. The van der Waals surface area contributed by atoms with Crippen molar-refractivity contribution in [2.24, 2.45) is 0 Å². The van der Waals surface area contributed by atoms with E-state index in [1.54, 1.807) is 30.5 Å². The molecule has 6 heteroatoms. The maximum atomic E-state index is 13.4. The van der Waals surface area contributed by atoms with Crippen LogP contribution in [0.3, 0.4) is 0 Å². The van der Waals surface area contributed by atoms with E-state index in [1.165, 1.54) is 24.3 Å². The summed E-state index contributed by atoms with van der Waals surface area (Å²) in [4.78, 5) is 2.41. The zero-order chi connectivity index (χ0) is 21.3. The monoisotopic (exact) mass is 412 g/mol. The summed E-state index contributed by atoms with van der Waals surface area (Å²) in [6.07, 6.45) is 2.90. The fraction of sp³-hybridized carbons (Fsp3) is 0.375. The summed E-state index contributed by atoms with van der Waals surface area (Å²) in [6.45, 7) is 10.1. The van der Waals surface area contributed by atoms with E-state index in [0.717, 1.165) is 61.5 Å². The van der Waals surface area contributed by atoms with Gasteiger partial charge in [-0.3, -0.25) is 4.68 Å². The molecule has 0 aliphatic carbocycles. The van der Waals surface area contributed by atoms with Gasteiger partial charge in [0.15, 0.2) is 0 Å². The highest BCUT2D eigenvalue weighted by atomic mass is 19.1. The van der Waals surface area contributed by atoms with Crippen molar-refractivity contribution in [3.05, 3.63) is 66.4 Å². The molecule has 0 aliphatic rings. The molecule has 160 valence electrons. The molecule has 1 N–H and O–H groups in total. The Kier molecular flexibility index (Phi) is 8.11. The van der Waals surface area contributed by atoms with Crippen LogP contribution in [0.25, 0.3) is 22.4 Å². The molecule has 3 aromatic rings. The van der Waals surface area contributed by atoms with E-state index in [1.807, 2.05) is 4.68 Å². The van der Waals surface area contributed by atoms with Gasteiger partial charge in [0.1, 0.15) is 11.6 Å². The molecule has 0 bridgehead atoms. The van der Waals surface area contributed by atoms with Crippen LogP contribution in [0.2, 0.25) is 0 Å². The van der Waals surface area contributed by atoms with Crippen LogP contribution >= 0.6 is 0 Å². The van der Waals surface area contributed by atoms with Gasteiger partial charge in [-0.15, -0.1) is 0 Å². The maximum Gasteiger partial charge on any atom is 0.123 e. The zero-order valence-corrected chi connectivity index (χ0v) is 17.7. The Morgan fingerprint density at radius 3 is 2.07 bits per heavy atom. The van der Waals surface area contributed by atoms with Crippen molar-refractivity contribution in [2.45, 2.75) is 26.8 Å². The van der Waals surface area contributed by atoms with E-state index in [-0.39, 0.29) is 11.6 Å². The van der Waals surface area contributed by atoms with Crippen molar-refractivity contribution >= 4 is 0 Å².